The molecule has 7 nitrogen and oxygen atoms in total. The number of hydrogen-bond acceptors (Lipinski definition) is 5. The van der Waals surface area contributed by atoms with Crippen molar-refractivity contribution in [2.45, 2.75) is 52.1 Å². The number of ether oxygens (including phenoxy) is 1. The zero-order chi connectivity index (χ0) is 16.7. The van der Waals surface area contributed by atoms with Gasteiger partial charge in [0.1, 0.15) is 5.76 Å². The van der Waals surface area contributed by atoms with Crippen LogP contribution in [0.1, 0.15) is 44.8 Å². The highest BCUT2D eigenvalue weighted by atomic mass is 16.5. The standard InChI is InChI=1S/C16H25N3O4/c1-3-4-7-16(21)19(10-13-6-5-8-22-13)11-15(20)17-14-9-12(2)23-18-14/h9,13H,3-8,10-11H2,1-2H3,(H,17,18,20)/t13-/m0/s1. The molecule has 2 amide bonds. The van der Waals surface area contributed by atoms with Crippen LogP contribution < -0.4 is 5.32 Å². The lowest BCUT2D eigenvalue weighted by atomic mass is 10.2. The molecule has 1 aliphatic rings. The van der Waals surface area contributed by atoms with Crippen LogP contribution in [0, 0.1) is 6.92 Å². The molecule has 2 rings (SSSR count). The Kier molecular flexibility index (Phi) is 6.58. The third-order valence-corrected chi connectivity index (χ3v) is 3.77. The maximum atomic E-state index is 12.3. The number of hydrogen-bond donors (Lipinski definition) is 1. The van der Waals surface area contributed by atoms with Gasteiger partial charge in [-0.15, -0.1) is 0 Å². The van der Waals surface area contributed by atoms with E-state index >= 15 is 0 Å². The van der Waals surface area contributed by atoms with Crippen molar-refractivity contribution in [1.29, 1.82) is 0 Å². The Bertz CT molecular complexity index is 523. The molecule has 0 aromatic carbocycles. The molecule has 0 spiro atoms. The minimum atomic E-state index is -0.277. The van der Waals surface area contributed by atoms with Crippen LogP contribution in [0.3, 0.4) is 0 Å². The summed E-state index contributed by atoms with van der Waals surface area (Å²) >= 11 is 0. The molecule has 0 saturated carbocycles. The molecule has 128 valence electrons. The Morgan fingerprint density at radius 2 is 2.30 bits per heavy atom. The van der Waals surface area contributed by atoms with Gasteiger partial charge in [-0.05, 0) is 26.2 Å². The van der Waals surface area contributed by atoms with E-state index in [1.165, 1.54) is 0 Å². The van der Waals surface area contributed by atoms with Crippen molar-refractivity contribution >= 4 is 17.6 Å². The summed E-state index contributed by atoms with van der Waals surface area (Å²) in [5.41, 5.74) is 0. The number of nitrogens with one attached hydrogen (secondary N) is 1. The fourth-order valence-corrected chi connectivity index (χ4v) is 2.56. The van der Waals surface area contributed by atoms with Gasteiger partial charge in [0, 0.05) is 25.6 Å². The molecule has 0 unspecified atom stereocenters. The summed E-state index contributed by atoms with van der Waals surface area (Å²) in [7, 11) is 0. The van der Waals surface area contributed by atoms with E-state index in [0.717, 1.165) is 32.3 Å². The molecule has 23 heavy (non-hydrogen) atoms. The lowest BCUT2D eigenvalue weighted by molar-refractivity contribution is -0.136. The predicted octanol–water partition coefficient (Wildman–Crippen LogP) is 2.12. The van der Waals surface area contributed by atoms with Gasteiger partial charge >= 0.3 is 0 Å². The Hall–Kier alpha value is -1.89. The molecule has 1 saturated heterocycles. The molecule has 1 aliphatic heterocycles. The number of rotatable bonds is 8. The van der Waals surface area contributed by atoms with E-state index in [1.807, 2.05) is 6.92 Å². The second-order valence-electron chi connectivity index (χ2n) is 5.88. The first-order valence-corrected chi connectivity index (χ1v) is 8.21. The first kappa shape index (κ1) is 17.5. The van der Waals surface area contributed by atoms with Crippen LogP contribution in [0.25, 0.3) is 0 Å². The number of unbranched alkanes of at least 4 members (excludes halogenated alkanes) is 1. The number of amides is 2. The van der Waals surface area contributed by atoms with Crippen molar-refractivity contribution in [2.75, 3.05) is 25.0 Å². The first-order chi connectivity index (χ1) is 11.1. The van der Waals surface area contributed by atoms with Crippen LogP contribution in [-0.2, 0) is 14.3 Å². The minimum Gasteiger partial charge on any atom is -0.376 e. The average molecular weight is 323 g/mol. The van der Waals surface area contributed by atoms with Crippen LogP contribution in [-0.4, -0.2) is 47.7 Å². The highest BCUT2D eigenvalue weighted by Gasteiger charge is 2.24. The molecule has 1 aromatic heterocycles. The van der Waals surface area contributed by atoms with Gasteiger partial charge in [-0.3, -0.25) is 9.59 Å². The van der Waals surface area contributed by atoms with Crippen molar-refractivity contribution in [2.24, 2.45) is 0 Å². The maximum Gasteiger partial charge on any atom is 0.245 e. The SMILES string of the molecule is CCCCC(=O)N(CC(=O)Nc1cc(C)on1)C[C@@H]1CCCO1. The van der Waals surface area contributed by atoms with E-state index < -0.39 is 0 Å². The highest BCUT2D eigenvalue weighted by molar-refractivity contribution is 5.93. The molecule has 0 bridgehead atoms. The average Bonchev–Trinajstić information content (AvgIpc) is 3.16. The second kappa shape index (κ2) is 8.67. The largest absolute Gasteiger partial charge is 0.376 e. The van der Waals surface area contributed by atoms with Crippen LogP contribution in [0.15, 0.2) is 10.6 Å². The quantitative estimate of drug-likeness (QED) is 0.792. The van der Waals surface area contributed by atoms with Crippen molar-refractivity contribution < 1.29 is 18.8 Å². The molecule has 1 aromatic rings. The van der Waals surface area contributed by atoms with Crippen LogP contribution >= 0.6 is 0 Å². The number of aryl methyl sites for hydroxylation is 1. The molecule has 1 atom stereocenters. The summed E-state index contributed by atoms with van der Waals surface area (Å²) in [5, 5.41) is 6.38. The maximum absolute atomic E-state index is 12.3. The smallest absolute Gasteiger partial charge is 0.245 e. The number of nitrogens with zero attached hydrogens (tertiary/aromatic N) is 2. The summed E-state index contributed by atoms with van der Waals surface area (Å²) in [6, 6.07) is 1.64. The second-order valence-corrected chi connectivity index (χ2v) is 5.88. The van der Waals surface area contributed by atoms with E-state index in [1.54, 1.807) is 17.9 Å². The van der Waals surface area contributed by atoms with Gasteiger partial charge in [0.15, 0.2) is 5.82 Å². The Morgan fingerprint density at radius 3 is 2.91 bits per heavy atom. The molecular weight excluding hydrogens is 298 g/mol. The van der Waals surface area contributed by atoms with Crippen LogP contribution in [0.4, 0.5) is 5.82 Å². The van der Waals surface area contributed by atoms with Gasteiger partial charge in [-0.1, -0.05) is 18.5 Å². The summed E-state index contributed by atoms with van der Waals surface area (Å²) in [5.74, 6) is 0.705. The predicted molar refractivity (Wildman–Crippen MR) is 84.9 cm³/mol. The van der Waals surface area contributed by atoms with Crippen molar-refractivity contribution in [3.63, 3.8) is 0 Å². The van der Waals surface area contributed by atoms with Gasteiger partial charge in [-0.2, -0.15) is 0 Å². The molecule has 1 fully saturated rings. The lowest BCUT2D eigenvalue weighted by Gasteiger charge is -2.24. The monoisotopic (exact) mass is 323 g/mol. The van der Waals surface area contributed by atoms with E-state index in [0.29, 0.717) is 24.5 Å². The van der Waals surface area contributed by atoms with Gasteiger partial charge in [-0.25, -0.2) is 0 Å². The van der Waals surface area contributed by atoms with E-state index in [4.69, 9.17) is 9.26 Å². The van der Waals surface area contributed by atoms with Crippen molar-refractivity contribution in [1.82, 2.24) is 10.1 Å². The van der Waals surface area contributed by atoms with Crippen molar-refractivity contribution in [3.05, 3.63) is 11.8 Å². The highest BCUT2D eigenvalue weighted by Crippen LogP contribution is 2.15. The van der Waals surface area contributed by atoms with E-state index in [-0.39, 0.29) is 24.5 Å². The minimum absolute atomic E-state index is 0.00571. The number of anilines is 1. The normalized spacial score (nSPS) is 17.2. The fourth-order valence-electron chi connectivity index (χ4n) is 2.56. The molecule has 1 N–H and O–H groups in total. The lowest BCUT2D eigenvalue weighted by Crippen LogP contribution is -2.42. The molecule has 2 heterocycles. The van der Waals surface area contributed by atoms with Gasteiger partial charge in [0.2, 0.25) is 11.8 Å². The summed E-state index contributed by atoms with van der Waals surface area (Å²) in [4.78, 5) is 26.1. The molecule has 0 aliphatic carbocycles. The van der Waals surface area contributed by atoms with Crippen molar-refractivity contribution in [3.8, 4) is 0 Å². The molecule has 0 radical (unpaired) electrons. The Labute approximate surface area is 136 Å². The van der Waals surface area contributed by atoms with Gasteiger partial charge in [0.25, 0.3) is 0 Å². The first-order valence-electron chi connectivity index (χ1n) is 8.21. The van der Waals surface area contributed by atoms with E-state index in [9.17, 15) is 9.59 Å². The Morgan fingerprint density at radius 1 is 1.48 bits per heavy atom. The topological polar surface area (TPSA) is 84.7 Å². The third-order valence-electron chi connectivity index (χ3n) is 3.77. The number of carbonyl (C=O) groups excluding carboxylic acids is 2. The fraction of sp³-hybridized carbons (Fsp3) is 0.688. The van der Waals surface area contributed by atoms with Crippen LogP contribution in [0.2, 0.25) is 0 Å². The van der Waals surface area contributed by atoms with Gasteiger partial charge in [0.05, 0.1) is 12.6 Å². The summed E-state index contributed by atoms with van der Waals surface area (Å²) in [6.07, 6.45) is 4.20. The zero-order valence-corrected chi connectivity index (χ0v) is 13.8. The summed E-state index contributed by atoms with van der Waals surface area (Å²) in [6.45, 7) is 4.99. The number of carbonyl (C=O) groups is 2. The molecule has 7 heteroatoms. The van der Waals surface area contributed by atoms with Gasteiger partial charge < -0.3 is 19.5 Å². The van der Waals surface area contributed by atoms with Crippen LogP contribution in [0.5, 0.6) is 0 Å². The third kappa shape index (κ3) is 5.67. The van der Waals surface area contributed by atoms with E-state index in [2.05, 4.69) is 10.5 Å². The summed E-state index contributed by atoms with van der Waals surface area (Å²) < 4.78 is 10.5. The Balaban J connectivity index is 1.91. The zero-order valence-electron chi connectivity index (χ0n) is 13.8. The number of aromatic nitrogens is 1. The molecular formula is C16H25N3O4.